The van der Waals surface area contributed by atoms with Crippen molar-refractivity contribution in [3.8, 4) is 0 Å². The molecule has 0 aromatic rings. The van der Waals surface area contributed by atoms with Crippen LogP contribution in [0.4, 0.5) is 0 Å². The van der Waals surface area contributed by atoms with Crippen LogP contribution in [0.3, 0.4) is 0 Å². The van der Waals surface area contributed by atoms with Gasteiger partial charge in [0.1, 0.15) is 5.78 Å². The smallest absolute Gasteiger partial charge is 0.142 e. The number of rotatable bonds is 6. The SMILES string of the molecule is CCCCCCC(S)C(C)=O. The highest BCUT2D eigenvalue weighted by atomic mass is 32.1. The van der Waals surface area contributed by atoms with Crippen LogP contribution in [0.15, 0.2) is 0 Å². The number of ketones is 1. The third-order valence-electron chi connectivity index (χ3n) is 1.80. The Morgan fingerprint density at radius 1 is 1.36 bits per heavy atom. The van der Waals surface area contributed by atoms with Gasteiger partial charge in [-0.3, -0.25) is 4.79 Å². The fraction of sp³-hybridized carbons (Fsp3) is 0.889. The maximum atomic E-state index is 10.7. The summed E-state index contributed by atoms with van der Waals surface area (Å²) in [5.74, 6) is 0.199. The first-order valence-electron chi connectivity index (χ1n) is 4.37. The Morgan fingerprint density at radius 3 is 2.45 bits per heavy atom. The molecule has 0 aliphatic rings. The van der Waals surface area contributed by atoms with Crippen LogP contribution < -0.4 is 0 Å². The topological polar surface area (TPSA) is 17.1 Å². The maximum Gasteiger partial charge on any atom is 0.142 e. The zero-order valence-electron chi connectivity index (χ0n) is 7.47. The summed E-state index contributed by atoms with van der Waals surface area (Å²) in [6.45, 7) is 3.79. The predicted octanol–water partition coefficient (Wildman–Crippen LogP) is 2.84. The van der Waals surface area contributed by atoms with Gasteiger partial charge in [-0.25, -0.2) is 0 Å². The Hall–Kier alpha value is 0.0200. The molecule has 1 nitrogen and oxygen atoms in total. The van der Waals surface area contributed by atoms with Crippen molar-refractivity contribution >= 4 is 18.4 Å². The van der Waals surface area contributed by atoms with E-state index in [1.165, 1.54) is 19.3 Å². The first kappa shape index (κ1) is 11.0. The number of Topliss-reactive ketones (excluding diaryl/α,β-unsaturated/α-hetero) is 1. The summed E-state index contributed by atoms with van der Waals surface area (Å²) < 4.78 is 0. The molecule has 0 saturated heterocycles. The largest absolute Gasteiger partial charge is 0.299 e. The molecule has 66 valence electrons. The van der Waals surface area contributed by atoms with Crippen molar-refractivity contribution in [1.29, 1.82) is 0 Å². The van der Waals surface area contributed by atoms with Crippen LogP contribution in [0, 0.1) is 0 Å². The van der Waals surface area contributed by atoms with Crippen molar-refractivity contribution in [2.45, 2.75) is 51.2 Å². The summed E-state index contributed by atoms with van der Waals surface area (Å²) in [5, 5.41) is -0.0214. The summed E-state index contributed by atoms with van der Waals surface area (Å²) in [6, 6.07) is 0. The second-order valence-corrected chi connectivity index (χ2v) is 3.60. The summed E-state index contributed by atoms with van der Waals surface area (Å²) >= 11 is 4.18. The highest BCUT2D eigenvalue weighted by Crippen LogP contribution is 2.10. The number of hydrogen-bond donors (Lipinski definition) is 1. The molecule has 0 amide bonds. The van der Waals surface area contributed by atoms with E-state index in [9.17, 15) is 4.79 Å². The fourth-order valence-electron chi connectivity index (χ4n) is 0.968. The van der Waals surface area contributed by atoms with Gasteiger partial charge < -0.3 is 0 Å². The van der Waals surface area contributed by atoms with Crippen LogP contribution in [0.5, 0.6) is 0 Å². The van der Waals surface area contributed by atoms with Gasteiger partial charge in [-0.2, -0.15) is 12.6 Å². The Bertz CT molecular complexity index is 112. The second-order valence-electron chi connectivity index (χ2n) is 2.98. The van der Waals surface area contributed by atoms with Crippen molar-refractivity contribution in [2.75, 3.05) is 0 Å². The van der Waals surface area contributed by atoms with Gasteiger partial charge >= 0.3 is 0 Å². The molecule has 1 unspecified atom stereocenters. The lowest BCUT2D eigenvalue weighted by atomic mass is 10.1. The zero-order chi connectivity index (χ0) is 8.69. The lowest BCUT2D eigenvalue weighted by Crippen LogP contribution is -2.09. The van der Waals surface area contributed by atoms with Crippen LogP contribution in [-0.2, 0) is 4.79 Å². The number of unbranched alkanes of at least 4 members (excludes halogenated alkanes) is 3. The molecular formula is C9H18OS. The average Bonchev–Trinajstić information content (AvgIpc) is 1.97. The normalized spacial score (nSPS) is 13.0. The first-order valence-corrected chi connectivity index (χ1v) is 4.88. The fourth-order valence-corrected chi connectivity index (χ4v) is 1.15. The van der Waals surface area contributed by atoms with Gasteiger partial charge in [0.15, 0.2) is 0 Å². The van der Waals surface area contributed by atoms with Crippen molar-refractivity contribution in [3.63, 3.8) is 0 Å². The molecule has 0 radical (unpaired) electrons. The van der Waals surface area contributed by atoms with Crippen molar-refractivity contribution < 1.29 is 4.79 Å². The molecule has 0 saturated carbocycles. The molecule has 1 atom stereocenters. The molecule has 0 aromatic carbocycles. The lowest BCUT2D eigenvalue weighted by molar-refractivity contribution is -0.116. The van der Waals surface area contributed by atoms with Crippen LogP contribution in [0.25, 0.3) is 0 Å². The molecule has 0 aromatic heterocycles. The van der Waals surface area contributed by atoms with Crippen molar-refractivity contribution in [2.24, 2.45) is 0 Å². The Morgan fingerprint density at radius 2 is 2.00 bits per heavy atom. The third kappa shape index (κ3) is 6.42. The summed E-state index contributed by atoms with van der Waals surface area (Å²) in [6.07, 6.45) is 5.84. The predicted molar refractivity (Wildman–Crippen MR) is 52.2 cm³/mol. The van der Waals surface area contributed by atoms with Gasteiger partial charge in [0.2, 0.25) is 0 Å². The van der Waals surface area contributed by atoms with E-state index >= 15 is 0 Å². The van der Waals surface area contributed by atoms with E-state index < -0.39 is 0 Å². The molecular weight excluding hydrogens is 156 g/mol. The summed E-state index contributed by atoms with van der Waals surface area (Å²) in [4.78, 5) is 10.7. The standard InChI is InChI=1S/C9H18OS/c1-3-4-5-6-7-9(11)8(2)10/h9,11H,3-7H2,1-2H3. The van der Waals surface area contributed by atoms with Gasteiger partial charge in [-0.1, -0.05) is 32.6 Å². The summed E-state index contributed by atoms with van der Waals surface area (Å²) in [7, 11) is 0. The van der Waals surface area contributed by atoms with Crippen LogP contribution in [0.1, 0.15) is 46.0 Å². The highest BCUT2D eigenvalue weighted by molar-refractivity contribution is 7.81. The molecule has 2 heteroatoms. The minimum absolute atomic E-state index is 0.0214. The lowest BCUT2D eigenvalue weighted by Gasteiger charge is -2.04. The van der Waals surface area contributed by atoms with Gasteiger partial charge in [0.05, 0.1) is 5.25 Å². The van der Waals surface area contributed by atoms with E-state index in [0.29, 0.717) is 0 Å². The monoisotopic (exact) mass is 174 g/mol. The Balaban J connectivity index is 3.17. The number of hydrogen-bond acceptors (Lipinski definition) is 2. The van der Waals surface area contributed by atoms with E-state index in [4.69, 9.17) is 0 Å². The van der Waals surface area contributed by atoms with Gasteiger partial charge in [-0.05, 0) is 13.3 Å². The van der Waals surface area contributed by atoms with Crippen molar-refractivity contribution in [1.82, 2.24) is 0 Å². The zero-order valence-corrected chi connectivity index (χ0v) is 8.36. The molecule has 0 aliphatic heterocycles. The van der Waals surface area contributed by atoms with Crippen molar-refractivity contribution in [3.05, 3.63) is 0 Å². The first-order chi connectivity index (χ1) is 5.18. The molecule has 0 heterocycles. The number of thiol groups is 1. The Kier molecular flexibility index (Phi) is 6.73. The molecule has 11 heavy (non-hydrogen) atoms. The van der Waals surface area contributed by atoms with E-state index in [-0.39, 0.29) is 11.0 Å². The second kappa shape index (κ2) is 6.71. The van der Waals surface area contributed by atoms with E-state index in [2.05, 4.69) is 19.6 Å². The Labute approximate surface area is 75.0 Å². The third-order valence-corrected chi connectivity index (χ3v) is 2.42. The van der Waals surface area contributed by atoms with Gasteiger partial charge in [0.25, 0.3) is 0 Å². The molecule has 0 rings (SSSR count). The molecule has 0 bridgehead atoms. The minimum atomic E-state index is -0.0214. The number of carbonyl (C=O) groups excluding carboxylic acids is 1. The van der Waals surface area contributed by atoms with E-state index in [1.54, 1.807) is 6.92 Å². The van der Waals surface area contributed by atoms with Gasteiger partial charge in [0, 0.05) is 0 Å². The molecule has 0 aliphatic carbocycles. The summed E-state index contributed by atoms with van der Waals surface area (Å²) in [5.41, 5.74) is 0. The molecule has 0 N–H and O–H groups in total. The molecule has 0 fully saturated rings. The average molecular weight is 174 g/mol. The molecule has 0 spiro atoms. The minimum Gasteiger partial charge on any atom is -0.299 e. The van der Waals surface area contributed by atoms with Crippen LogP contribution >= 0.6 is 12.6 Å². The van der Waals surface area contributed by atoms with Crippen LogP contribution in [0.2, 0.25) is 0 Å². The van der Waals surface area contributed by atoms with Gasteiger partial charge in [-0.15, -0.1) is 0 Å². The van der Waals surface area contributed by atoms with E-state index in [1.807, 2.05) is 0 Å². The quantitative estimate of drug-likeness (QED) is 0.484. The number of carbonyl (C=O) groups is 1. The highest BCUT2D eigenvalue weighted by Gasteiger charge is 2.06. The van der Waals surface area contributed by atoms with Crippen LogP contribution in [-0.4, -0.2) is 11.0 Å². The van der Waals surface area contributed by atoms with E-state index in [0.717, 1.165) is 12.8 Å². The maximum absolute atomic E-state index is 10.7.